The summed E-state index contributed by atoms with van der Waals surface area (Å²) in [4.78, 5) is 10.4. The van der Waals surface area contributed by atoms with Gasteiger partial charge in [0.15, 0.2) is 0 Å². The van der Waals surface area contributed by atoms with Gasteiger partial charge in [-0.05, 0) is 40.6 Å². The molecular formula is C14H12O3. The molecule has 0 fully saturated rings. The second kappa shape index (κ2) is 4.70. The van der Waals surface area contributed by atoms with Crippen molar-refractivity contribution in [2.45, 2.75) is 0 Å². The second-order valence-corrected chi connectivity index (χ2v) is 3.64. The van der Waals surface area contributed by atoms with Gasteiger partial charge in [0.2, 0.25) is 0 Å². The molecule has 0 bridgehead atoms. The molecule has 3 heteroatoms. The summed E-state index contributed by atoms with van der Waals surface area (Å²) in [5.74, 6) is -0.133. The fraction of sp³-hybridized carbons (Fsp3) is 0.0714. The van der Waals surface area contributed by atoms with E-state index in [9.17, 15) is 4.79 Å². The summed E-state index contributed by atoms with van der Waals surface area (Å²) < 4.78 is 5.14. The first-order valence-electron chi connectivity index (χ1n) is 5.18. The van der Waals surface area contributed by atoms with E-state index in [1.807, 2.05) is 36.4 Å². The van der Waals surface area contributed by atoms with E-state index in [1.54, 1.807) is 13.2 Å². The maximum absolute atomic E-state index is 10.4. The molecule has 0 spiro atoms. The number of fused-ring (bicyclic) bond motifs is 1. The van der Waals surface area contributed by atoms with E-state index in [4.69, 9.17) is 9.84 Å². The Balaban J connectivity index is 2.41. The highest BCUT2D eigenvalue weighted by atomic mass is 16.5. The molecule has 0 atom stereocenters. The molecule has 0 unspecified atom stereocenters. The lowest BCUT2D eigenvalue weighted by Gasteiger charge is -2.03. The van der Waals surface area contributed by atoms with Gasteiger partial charge in [-0.3, -0.25) is 0 Å². The number of benzene rings is 2. The van der Waals surface area contributed by atoms with E-state index in [2.05, 4.69) is 0 Å². The molecule has 0 saturated heterocycles. The predicted octanol–water partition coefficient (Wildman–Crippen LogP) is 2.95. The lowest BCUT2D eigenvalue weighted by molar-refractivity contribution is -0.131. The third kappa shape index (κ3) is 2.64. The normalized spacial score (nSPS) is 10.9. The van der Waals surface area contributed by atoms with Crippen LogP contribution >= 0.6 is 0 Å². The third-order valence-electron chi connectivity index (χ3n) is 2.49. The van der Waals surface area contributed by atoms with Crippen molar-refractivity contribution < 1.29 is 14.6 Å². The molecule has 0 saturated carbocycles. The van der Waals surface area contributed by atoms with Crippen molar-refractivity contribution in [3.05, 3.63) is 48.0 Å². The molecule has 2 aromatic carbocycles. The Kier molecular flexibility index (Phi) is 3.10. The Labute approximate surface area is 99.0 Å². The summed E-state index contributed by atoms with van der Waals surface area (Å²) in [6.45, 7) is 0. The van der Waals surface area contributed by atoms with Gasteiger partial charge >= 0.3 is 5.97 Å². The predicted molar refractivity (Wildman–Crippen MR) is 67.2 cm³/mol. The zero-order chi connectivity index (χ0) is 12.3. The van der Waals surface area contributed by atoms with E-state index in [1.165, 1.54) is 0 Å². The minimum absolute atomic E-state index is 0.811. The van der Waals surface area contributed by atoms with Crippen molar-refractivity contribution in [2.75, 3.05) is 7.11 Å². The maximum atomic E-state index is 10.4. The molecular weight excluding hydrogens is 216 g/mol. The Bertz CT molecular complexity index is 585. The van der Waals surface area contributed by atoms with Crippen LogP contribution < -0.4 is 4.74 Å². The van der Waals surface area contributed by atoms with E-state index in [0.717, 1.165) is 28.2 Å². The van der Waals surface area contributed by atoms with E-state index < -0.39 is 5.97 Å². The third-order valence-corrected chi connectivity index (χ3v) is 2.49. The first-order valence-corrected chi connectivity index (χ1v) is 5.18. The smallest absolute Gasteiger partial charge is 0.328 e. The quantitative estimate of drug-likeness (QED) is 0.821. The first-order chi connectivity index (χ1) is 8.19. The van der Waals surface area contributed by atoms with E-state index in [0.29, 0.717) is 0 Å². The first kappa shape index (κ1) is 11.2. The van der Waals surface area contributed by atoms with Crippen LogP contribution in [0, 0.1) is 0 Å². The number of hydrogen-bond acceptors (Lipinski definition) is 2. The molecule has 2 rings (SSSR count). The largest absolute Gasteiger partial charge is 0.497 e. The summed E-state index contributed by atoms with van der Waals surface area (Å²) in [6, 6.07) is 11.5. The number of hydrogen-bond donors (Lipinski definition) is 1. The molecule has 0 aliphatic heterocycles. The van der Waals surface area contributed by atoms with Crippen molar-refractivity contribution in [1.29, 1.82) is 0 Å². The van der Waals surface area contributed by atoms with Gasteiger partial charge in [0, 0.05) is 6.08 Å². The fourth-order valence-electron chi connectivity index (χ4n) is 1.64. The molecule has 3 nitrogen and oxygen atoms in total. The number of carboxylic acids is 1. The van der Waals surface area contributed by atoms with Gasteiger partial charge in [-0.25, -0.2) is 4.79 Å². The van der Waals surface area contributed by atoms with Crippen LogP contribution in [0.4, 0.5) is 0 Å². The minimum atomic E-state index is -0.945. The van der Waals surface area contributed by atoms with Gasteiger partial charge in [-0.1, -0.05) is 18.2 Å². The van der Waals surface area contributed by atoms with Crippen molar-refractivity contribution >= 4 is 22.8 Å². The molecule has 0 heterocycles. The molecule has 1 N–H and O–H groups in total. The lowest BCUT2D eigenvalue weighted by atomic mass is 10.1. The van der Waals surface area contributed by atoms with Gasteiger partial charge in [-0.2, -0.15) is 0 Å². The highest BCUT2D eigenvalue weighted by Crippen LogP contribution is 2.22. The molecule has 86 valence electrons. The van der Waals surface area contributed by atoms with E-state index >= 15 is 0 Å². The number of rotatable bonds is 3. The van der Waals surface area contributed by atoms with Crippen LogP contribution in [-0.2, 0) is 4.79 Å². The zero-order valence-corrected chi connectivity index (χ0v) is 9.38. The van der Waals surface area contributed by atoms with Crippen LogP contribution in [0.5, 0.6) is 5.75 Å². The maximum Gasteiger partial charge on any atom is 0.328 e. The van der Waals surface area contributed by atoms with Crippen LogP contribution in [0.3, 0.4) is 0 Å². The van der Waals surface area contributed by atoms with Crippen LogP contribution in [0.2, 0.25) is 0 Å². The summed E-state index contributed by atoms with van der Waals surface area (Å²) in [5.41, 5.74) is 0.866. The van der Waals surface area contributed by atoms with Gasteiger partial charge in [0.25, 0.3) is 0 Å². The molecule has 0 aliphatic carbocycles. The molecule has 0 aliphatic rings. The number of aliphatic carboxylic acids is 1. The number of carboxylic acid groups (broad SMARTS) is 1. The molecule has 0 amide bonds. The highest BCUT2D eigenvalue weighted by Gasteiger charge is 1.97. The summed E-state index contributed by atoms with van der Waals surface area (Å²) >= 11 is 0. The highest BCUT2D eigenvalue weighted by molar-refractivity contribution is 5.89. The Morgan fingerprint density at radius 3 is 2.59 bits per heavy atom. The number of methoxy groups -OCH3 is 1. The Morgan fingerprint density at radius 2 is 1.88 bits per heavy atom. The average molecular weight is 228 g/mol. The summed E-state index contributed by atoms with van der Waals surface area (Å²) in [7, 11) is 1.63. The van der Waals surface area contributed by atoms with Crippen molar-refractivity contribution in [3.63, 3.8) is 0 Å². The van der Waals surface area contributed by atoms with E-state index in [-0.39, 0.29) is 0 Å². The number of ether oxygens (including phenoxy) is 1. The zero-order valence-electron chi connectivity index (χ0n) is 9.38. The topological polar surface area (TPSA) is 46.5 Å². The fourth-order valence-corrected chi connectivity index (χ4v) is 1.64. The molecule has 17 heavy (non-hydrogen) atoms. The molecule has 2 aromatic rings. The van der Waals surface area contributed by atoms with Gasteiger partial charge < -0.3 is 9.84 Å². The van der Waals surface area contributed by atoms with Crippen molar-refractivity contribution in [1.82, 2.24) is 0 Å². The summed E-state index contributed by atoms with van der Waals surface area (Å²) in [5, 5.41) is 10.7. The standard InChI is InChI=1S/C14H12O3/c1-17-13-6-5-11-8-10(3-7-14(15)16)2-4-12(11)9-13/h2-9H,1H3,(H,15,16). The van der Waals surface area contributed by atoms with Gasteiger partial charge in [0.1, 0.15) is 5.75 Å². The van der Waals surface area contributed by atoms with Crippen molar-refractivity contribution in [3.8, 4) is 5.75 Å². The van der Waals surface area contributed by atoms with Gasteiger partial charge in [0.05, 0.1) is 7.11 Å². The average Bonchev–Trinajstić information content (AvgIpc) is 2.35. The monoisotopic (exact) mass is 228 g/mol. The van der Waals surface area contributed by atoms with Gasteiger partial charge in [-0.15, -0.1) is 0 Å². The molecule has 0 radical (unpaired) electrons. The summed E-state index contributed by atoms with van der Waals surface area (Å²) in [6.07, 6.45) is 2.71. The second-order valence-electron chi connectivity index (χ2n) is 3.64. The Morgan fingerprint density at radius 1 is 1.18 bits per heavy atom. The Hall–Kier alpha value is -2.29. The van der Waals surface area contributed by atoms with Crippen molar-refractivity contribution in [2.24, 2.45) is 0 Å². The molecule has 0 aromatic heterocycles. The lowest BCUT2D eigenvalue weighted by Crippen LogP contribution is -1.86. The van der Waals surface area contributed by atoms with Crippen LogP contribution in [-0.4, -0.2) is 18.2 Å². The number of carbonyl (C=O) groups is 1. The SMILES string of the molecule is COc1ccc2cc(C=CC(=O)O)ccc2c1. The minimum Gasteiger partial charge on any atom is -0.497 e. The van der Waals surface area contributed by atoms with Crippen LogP contribution in [0.1, 0.15) is 5.56 Å². The van der Waals surface area contributed by atoms with Crippen LogP contribution in [0.15, 0.2) is 42.5 Å². The van der Waals surface area contributed by atoms with Crippen LogP contribution in [0.25, 0.3) is 16.8 Å².